The normalized spacial score (nSPS) is 20.2. The Balaban J connectivity index is 2.63. The van der Waals surface area contributed by atoms with E-state index >= 15 is 0 Å². The molecular formula is C11H19F3N2. The van der Waals surface area contributed by atoms with Gasteiger partial charge in [0.1, 0.15) is 0 Å². The molecule has 0 bridgehead atoms. The third-order valence-corrected chi connectivity index (χ3v) is 3.03. The van der Waals surface area contributed by atoms with Crippen LogP contribution in [0.15, 0.2) is 10.2 Å². The van der Waals surface area contributed by atoms with Gasteiger partial charge in [-0.15, -0.1) is 10.2 Å². The van der Waals surface area contributed by atoms with Crippen molar-refractivity contribution >= 4 is 0 Å². The Morgan fingerprint density at radius 2 is 1.62 bits per heavy atom. The van der Waals surface area contributed by atoms with Crippen LogP contribution in [0, 0.1) is 11.8 Å². The van der Waals surface area contributed by atoms with Crippen molar-refractivity contribution in [1.29, 1.82) is 0 Å². The molecular weight excluding hydrogens is 217 g/mol. The second-order valence-corrected chi connectivity index (χ2v) is 4.88. The second-order valence-electron chi connectivity index (χ2n) is 4.88. The zero-order valence-corrected chi connectivity index (χ0v) is 10.0. The Morgan fingerprint density at radius 3 is 1.94 bits per heavy atom. The van der Waals surface area contributed by atoms with E-state index in [-0.39, 0.29) is 0 Å². The molecule has 0 aromatic heterocycles. The van der Waals surface area contributed by atoms with Crippen LogP contribution in [0.3, 0.4) is 0 Å². The summed E-state index contributed by atoms with van der Waals surface area (Å²) >= 11 is 0. The van der Waals surface area contributed by atoms with Gasteiger partial charge in [0.05, 0.1) is 0 Å². The van der Waals surface area contributed by atoms with Crippen LogP contribution >= 0.6 is 0 Å². The molecule has 0 saturated carbocycles. The third-order valence-electron chi connectivity index (χ3n) is 3.03. The molecule has 1 rings (SSSR count). The topological polar surface area (TPSA) is 24.7 Å². The summed E-state index contributed by atoms with van der Waals surface area (Å²) in [6, 6.07) is 0. The maximum absolute atomic E-state index is 12.8. The van der Waals surface area contributed by atoms with Gasteiger partial charge in [-0.3, -0.25) is 0 Å². The predicted octanol–water partition coefficient (Wildman–Crippen LogP) is 4.56. The lowest BCUT2D eigenvalue weighted by Gasteiger charge is -2.25. The van der Waals surface area contributed by atoms with Gasteiger partial charge in [0, 0.05) is 5.92 Å². The first-order valence-corrected chi connectivity index (χ1v) is 5.84. The smallest absolute Gasteiger partial charge is 0.166 e. The Bertz CT molecular complexity index is 252. The Labute approximate surface area is 94.3 Å². The summed E-state index contributed by atoms with van der Waals surface area (Å²) < 4.78 is 38.4. The maximum Gasteiger partial charge on any atom is 0.437 e. The van der Waals surface area contributed by atoms with Crippen LogP contribution in [0.25, 0.3) is 0 Å². The average Bonchev–Trinajstić information content (AvgIpc) is 2.91. The van der Waals surface area contributed by atoms with Gasteiger partial charge in [-0.25, -0.2) is 0 Å². The van der Waals surface area contributed by atoms with E-state index in [0.29, 0.717) is 18.8 Å². The first-order chi connectivity index (χ1) is 7.33. The fraction of sp³-hybridized carbons (Fsp3) is 1.00. The summed E-state index contributed by atoms with van der Waals surface area (Å²) in [4.78, 5) is 0. The van der Waals surface area contributed by atoms with Crippen molar-refractivity contribution < 1.29 is 13.2 Å². The van der Waals surface area contributed by atoms with Crippen molar-refractivity contribution in [3.63, 3.8) is 0 Å². The molecule has 16 heavy (non-hydrogen) atoms. The molecule has 94 valence electrons. The van der Waals surface area contributed by atoms with Crippen LogP contribution in [0.5, 0.6) is 0 Å². The van der Waals surface area contributed by atoms with Gasteiger partial charge in [-0.1, -0.05) is 33.6 Å². The molecule has 0 N–H and O–H groups in total. The first kappa shape index (κ1) is 13.5. The van der Waals surface area contributed by atoms with Gasteiger partial charge in [0.25, 0.3) is 5.66 Å². The minimum absolute atomic E-state index is 0.420. The van der Waals surface area contributed by atoms with E-state index in [0.717, 1.165) is 12.8 Å². The van der Waals surface area contributed by atoms with Gasteiger partial charge < -0.3 is 0 Å². The van der Waals surface area contributed by atoms with E-state index in [1.165, 1.54) is 0 Å². The molecule has 0 fully saturated rings. The van der Waals surface area contributed by atoms with Crippen molar-refractivity contribution in [1.82, 2.24) is 0 Å². The van der Waals surface area contributed by atoms with E-state index in [9.17, 15) is 13.2 Å². The fourth-order valence-electron chi connectivity index (χ4n) is 1.99. The highest BCUT2D eigenvalue weighted by Gasteiger charge is 2.67. The van der Waals surface area contributed by atoms with Crippen LogP contribution in [0.2, 0.25) is 0 Å². The van der Waals surface area contributed by atoms with Gasteiger partial charge in [-0.2, -0.15) is 13.2 Å². The molecule has 5 heteroatoms. The number of alkyl halides is 3. The second kappa shape index (κ2) is 4.72. The summed E-state index contributed by atoms with van der Waals surface area (Å²) in [6.07, 6.45) is -1.68. The molecule has 1 aliphatic heterocycles. The van der Waals surface area contributed by atoms with Crippen LogP contribution in [-0.4, -0.2) is 11.8 Å². The minimum atomic E-state index is -4.32. The average molecular weight is 236 g/mol. The van der Waals surface area contributed by atoms with Gasteiger partial charge in [0.15, 0.2) is 0 Å². The van der Waals surface area contributed by atoms with E-state index in [1.807, 2.05) is 20.8 Å². The zero-order chi connectivity index (χ0) is 12.4. The number of rotatable bonds is 6. The molecule has 1 aliphatic rings. The molecule has 0 amide bonds. The SMILES string of the molecule is CCCC(CCC(C)C)C1(C(F)(F)F)N=N1. The van der Waals surface area contributed by atoms with E-state index in [1.54, 1.807) is 0 Å². The Morgan fingerprint density at radius 1 is 1.06 bits per heavy atom. The lowest BCUT2D eigenvalue weighted by atomic mass is 9.85. The number of hydrogen-bond acceptors (Lipinski definition) is 2. The van der Waals surface area contributed by atoms with Crippen molar-refractivity contribution in [3.05, 3.63) is 0 Å². The van der Waals surface area contributed by atoms with Crippen molar-refractivity contribution in [2.24, 2.45) is 22.1 Å². The number of nitrogens with zero attached hydrogens (tertiary/aromatic N) is 2. The summed E-state index contributed by atoms with van der Waals surface area (Å²) in [7, 11) is 0. The van der Waals surface area contributed by atoms with Crippen molar-refractivity contribution in [3.8, 4) is 0 Å². The quantitative estimate of drug-likeness (QED) is 0.645. The molecule has 0 saturated heterocycles. The van der Waals surface area contributed by atoms with E-state index < -0.39 is 17.8 Å². The Hall–Kier alpha value is -0.610. The minimum Gasteiger partial charge on any atom is -0.166 e. The Kier molecular flexibility index (Phi) is 3.97. The summed E-state index contributed by atoms with van der Waals surface area (Å²) in [5.74, 6) is -0.0525. The molecule has 2 nitrogen and oxygen atoms in total. The molecule has 0 aliphatic carbocycles. The highest BCUT2D eigenvalue weighted by molar-refractivity contribution is 5.05. The third kappa shape index (κ3) is 2.74. The zero-order valence-electron chi connectivity index (χ0n) is 10.0. The largest absolute Gasteiger partial charge is 0.437 e. The summed E-state index contributed by atoms with van der Waals surface area (Å²) in [5, 5.41) is 6.60. The number of halogens is 3. The summed E-state index contributed by atoms with van der Waals surface area (Å²) in [6.45, 7) is 5.93. The van der Waals surface area contributed by atoms with Crippen LogP contribution < -0.4 is 0 Å². The summed E-state index contributed by atoms with van der Waals surface area (Å²) in [5.41, 5.74) is -2.06. The molecule has 1 atom stereocenters. The first-order valence-electron chi connectivity index (χ1n) is 5.84. The van der Waals surface area contributed by atoms with Gasteiger partial charge >= 0.3 is 6.18 Å². The van der Waals surface area contributed by atoms with Crippen molar-refractivity contribution in [2.45, 2.75) is 58.3 Å². The van der Waals surface area contributed by atoms with Crippen molar-refractivity contribution in [2.75, 3.05) is 0 Å². The molecule has 0 radical (unpaired) electrons. The number of hydrogen-bond donors (Lipinski definition) is 0. The monoisotopic (exact) mass is 236 g/mol. The van der Waals surface area contributed by atoms with Crippen LogP contribution in [0.4, 0.5) is 13.2 Å². The van der Waals surface area contributed by atoms with E-state index in [2.05, 4.69) is 10.2 Å². The predicted molar refractivity (Wildman–Crippen MR) is 56.1 cm³/mol. The molecule has 1 heterocycles. The molecule has 0 aromatic carbocycles. The molecule has 1 unspecified atom stereocenters. The highest BCUT2D eigenvalue weighted by atomic mass is 19.4. The standard InChI is InChI=1S/C11H19F3N2/c1-4-5-9(7-6-8(2)3)10(15-16-10)11(12,13)14/h8-9H,4-7H2,1-3H3. The van der Waals surface area contributed by atoms with Gasteiger partial charge in [-0.05, 0) is 18.8 Å². The van der Waals surface area contributed by atoms with Crippen LogP contribution in [0.1, 0.15) is 46.5 Å². The highest BCUT2D eigenvalue weighted by Crippen LogP contribution is 2.52. The maximum atomic E-state index is 12.8. The van der Waals surface area contributed by atoms with Gasteiger partial charge in [0.2, 0.25) is 0 Å². The van der Waals surface area contributed by atoms with E-state index in [4.69, 9.17) is 0 Å². The lowest BCUT2D eigenvalue weighted by Crippen LogP contribution is -2.40. The molecule has 0 aromatic rings. The molecule has 0 spiro atoms. The lowest BCUT2D eigenvalue weighted by molar-refractivity contribution is -0.178. The fourth-order valence-corrected chi connectivity index (χ4v) is 1.99. The van der Waals surface area contributed by atoms with Crippen LogP contribution in [-0.2, 0) is 0 Å².